The van der Waals surface area contributed by atoms with Gasteiger partial charge >= 0.3 is 0 Å². The molecule has 1 heterocycles. The van der Waals surface area contributed by atoms with Crippen molar-refractivity contribution in [2.24, 2.45) is 0 Å². The molecule has 134 valence electrons. The van der Waals surface area contributed by atoms with E-state index in [0.717, 1.165) is 6.07 Å². The van der Waals surface area contributed by atoms with Crippen LogP contribution in [0.2, 0.25) is 0 Å². The molecule has 0 fully saturated rings. The average molecular weight is 380 g/mol. The fourth-order valence-corrected chi connectivity index (χ4v) is 2.94. The summed E-state index contributed by atoms with van der Waals surface area (Å²) in [6, 6.07) is 6.28. The van der Waals surface area contributed by atoms with E-state index < -0.39 is 41.5 Å². The highest BCUT2D eigenvalue weighted by Gasteiger charge is 2.16. The van der Waals surface area contributed by atoms with Crippen LogP contribution in [-0.2, 0) is 4.79 Å². The topological polar surface area (TPSA) is 97.1 Å². The van der Waals surface area contributed by atoms with Gasteiger partial charge < -0.3 is 16.4 Å². The van der Waals surface area contributed by atoms with E-state index >= 15 is 0 Å². The van der Waals surface area contributed by atoms with E-state index in [2.05, 4.69) is 15.6 Å². The van der Waals surface area contributed by atoms with Crippen molar-refractivity contribution in [3.8, 4) is 0 Å². The number of nitrogens with one attached hydrogen (secondary N) is 2. The third kappa shape index (κ3) is 3.59. The first-order chi connectivity index (χ1) is 12.3. The zero-order chi connectivity index (χ0) is 18.8. The predicted octanol–water partition coefficient (Wildman–Crippen LogP) is 2.66. The lowest BCUT2D eigenvalue weighted by Crippen LogP contribution is -2.33. The monoisotopic (exact) mass is 380 g/mol. The summed E-state index contributed by atoms with van der Waals surface area (Å²) >= 11 is 1.21. The molecule has 0 atom stereocenters. The van der Waals surface area contributed by atoms with Crippen LogP contribution < -0.4 is 16.4 Å². The number of nitrogen functional groups attached to an aromatic ring is 1. The van der Waals surface area contributed by atoms with E-state index in [0.29, 0.717) is 21.4 Å². The number of nitrogens with zero attached hydrogens (tertiary/aromatic N) is 1. The lowest BCUT2D eigenvalue weighted by Gasteiger charge is -2.08. The summed E-state index contributed by atoms with van der Waals surface area (Å²) in [5.74, 6) is -5.92. The van der Waals surface area contributed by atoms with E-state index in [1.807, 2.05) is 0 Å². The molecule has 26 heavy (non-hydrogen) atoms. The van der Waals surface area contributed by atoms with Crippen LogP contribution in [0.25, 0.3) is 10.2 Å². The Hall–Kier alpha value is -3.14. The van der Waals surface area contributed by atoms with Crippen LogP contribution >= 0.6 is 11.3 Å². The first-order valence-electron chi connectivity index (χ1n) is 7.23. The van der Waals surface area contributed by atoms with Gasteiger partial charge in [-0.05, 0) is 30.3 Å². The Morgan fingerprint density at radius 3 is 2.65 bits per heavy atom. The van der Waals surface area contributed by atoms with Gasteiger partial charge in [0.1, 0.15) is 0 Å². The quantitative estimate of drug-likeness (QED) is 0.606. The van der Waals surface area contributed by atoms with Crippen LogP contribution in [0.15, 0.2) is 30.3 Å². The standard InChI is InChI=1S/C16H11F3N4O2S/c17-8-2-4-10(14(19)13(8)18)22-12(24)6-21-15(25)7-1-3-9-11(5-7)26-16(20)23-9/h1-5H,6H2,(H2,20,23)(H,21,25)(H,22,24). The van der Waals surface area contributed by atoms with Gasteiger partial charge in [0.05, 0.1) is 22.4 Å². The minimum Gasteiger partial charge on any atom is -0.375 e. The number of rotatable bonds is 4. The maximum absolute atomic E-state index is 13.5. The van der Waals surface area contributed by atoms with Crippen LogP contribution in [0, 0.1) is 17.5 Å². The SMILES string of the molecule is Nc1nc2ccc(C(=O)NCC(=O)Nc3ccc(F)c(F)c3F)cc2s1. The van der Waals surface area contributed by atoms with Crippen molar-refractivity contribution in [2.45, 2.75) is 0 Å². The molecule has 4 N–H and O–H groups in total. The van der Waals surface area contributed by atoms with Gasteiger partial charge in [-0.25, -0.2) is 18.2 Å². The van der Waals surface area contributed by atoms with Crippen molar-refractivity contribution in [2.75, 3.05) is 17.6 Å². The summed E-state index contributed by atoms with van der Waals surface area (Å²) in [6.45, 7) is -0.486. The van der Waals surface area contributed by atoms with Gasteiger partial charge in [0, 0.05) is 5.56 Å². The maximum atomic E-state index is 13.5. The number of benzene rings is 2. The van der Waals surface area contributed by atoms with Crippen LogP contribution in [0.1, 0.15) is 10.4 Å². The fraction of sp³-hybridized carbons (Fsp3) is 0.0625. The molecule has 3 aromatic rings. The van der Waals surface area contributed by atoms with E-state index in [1.165, 1.54) is 17.4 Å². The number of nitrogens with two attached hydrogens (primary N) is 1. The summed E-state index contributed by atoms with van der Waals surface area (Å²) in [5, 5.41) is 4.77. The normalized spacial score (nSPS) is 10.7. The lowest BCUT2D eigenvalue weighted by molar-refractivity contribution is -0.115. The van der Waals surface area contributed by atoms with Gasteiger partial charge in [0.25, 0.3) is 5.91 Å². The number of halogens is 3. The maximum Gasteiger partial charge on any atom is 0.251 e. The smallest absolute Gasteiger partial charge is 0.251 e. The number of thiazole rings is 1. The van der Waals surface area contributed by atoms with Crippen LogP contribution in [0.3, 0.4) is 0 Å². The van der Waals surface area contributed by atoms with Gasteiger partial charge in [-0.3, -0.25) is 9.59 Å². The van der Waals surface area contributed by atoms with Crippen molar-refractivity contribution in [3.63, 3.8) is 0 Å². The first-order valence-corrected chi connectivity index (χ1v) is 8.04. The Kier molecular flexibility index (Phi) is 4.76. The highest BCUT2D eigenvalue weighted by Crippen LogP contribution is 2.24. The Labute approximate surface area is 148 Å². The zero-order valence-electron chi connectivity index (χ0n) is 13.0. The summed E-state index contributed by atoms with van der Waals surface area (Å²) in [5.41, 5.74) is 6.00. The second-order valence-electron chi connectivity index (χ2n) is 5.19. The second-order valence-corrected chi connectivity index (χ2v) is 6.25. The molecule has 0 saturated heterocycles. The summed E-state index contributed by atoms with van der Waals surface area (Å²) in [4.78, 5) is 27.9. The summed E-state index contributed by atoms with van der Waals surface area (Å²) in [7, 11) is 0. The lowest BCUT2D eigenvalue weighted by atomic mass is 10.2. The predicted molar refractivity (Wildman–Crippen MR) is 91.3 cm³/mol. The molecule has 0 radical (unpaired) electrons. The summed E-state index contributed by atoms with van der Waals surface area (Å²) < 4.78 is 40.2. The Balaban J connectivity index is 1.63. The minimum atomic E-state index is -1.69. The first kappa shape index (κ1) is 17.7. The third-order valence-corrected chi connectivity index (χ3v) is 4.23. The van der Waals surface area contributed by atoms with Gasteiger partial charge in [0.15, 0.2) is 22.6 Å². The van der Waals surface area contributed by atoms with Gasteiger partial charge in [-0.1, -0.05) is 11.3 Å². The number of anilines is 2. The molecule has 0 spiro atoms. The van der Waals surface area contributed by atoms with E-state index in [4.69, 9.17) is 5.73 Å². The molecule has 0 aliphatic carbocycles. The Bertz CT molecular complexity index is 1020. The largest absolute Gasteiger partial charge is 0.375 e. The molecule has 6 nitrogen and oxygen atoms in total. The molecule has 3 rings (SSSR count). The van der Waals surface area contributed by atoms with Crippen LogP contribution in [0.5, 0.6) is 0 Å². The average Bonchev–Trinajstić information content (AvgIpc) is 2.99. The molecule has 1 aromatic heterocycles. The van der Waals surface area contributed by atoms with Gasteiger partial charge in [0.2, 0.25) is 5.91 Å². The van der Waals surface area contributed by atoms with Crippen molar-refractivity contribution >= 4 is 44.2 Å². The summed E-state index contributed by atoms with van der Waals surface area (Å²) in [6.07, 6.45) is 0. The van der Waals surface area contributed by atoms with E-state index in [9.17, 15) is 22.8 Å². The van der Waals surface area contributed by atoms with Crippen molar-refractivity contribution in [1.29, 1.82) is 0 Å². The molecule has 0 unspecified atom stereocenters. The molecule has 0 bridgehead atoms. The second kappa shape index (κ2) is 7.00. The minimum absolute atomic E-state index is 0.285. The third-order valence-electron chi connectivity index (χ3n) is 3.39. The highest BCUT2D eigenvalue weighted by atomic mass is 32.1. The number of carbonyl (C=O) groups excluding carboxylic acids is 2. The number of amides is 2. The van der Waals surface area contributed by atoms with E-state index in [1.54, 1.807) is 12.1 Å². The number of hydrogen-bond acceptors (Lipinski definition) is 5. The number of hydrogen-bond donors (Lipinski definition) is 3. The molecular formula is C16H11F3N4O2S. The number of aromatic nitrogens is 1. The zero-order valence-corrected chi connectivity index (χ0v) is 13.8. The van der Waals surface area contributed by atoms with Crippen molar-refractivity contribution in [1.82, 2.24) is 10.3 Å². The highest BCUT2D eigenvalue weighted by molar-refractivity contribution is 7.22. The van der Waals surface area contributed by atoms with E-state index in [-0.39, 0.29) is 5.56 Å². The molecule has 10 heteroatoms. The Morgan fingerprint density at radius 2 is 1.88 bits per heavy atom. The van der Waals surface area contributed by atoms with Crippen LogP contribution in [0.4, 0.5) is 24.0 Å². The Morgan fingerprint density at radius 1 is 1.12 bits per heavy atom. The molecule has 0 aliphatic heterocycles. The fourth-order valence-electron chi connectivity index (χ4n) is 2.16. The van der Waals surface area contributed by atoms with Gasteiger partial charge in [-0.15, -0.1) is 0 Å². The molecule has 2 aromatic carbocycles. The number of fused-ring (bicyclic) bond motifs is 1. The van der Waals surface area contributed by atoms with Crippen LogP contribution in [-0.4, -0.2) is 23.3 Å². The molecular weight excluding hydrogens is 369 g/mol. The van der Waals surface area contributed by atoms with Crippen molar-refractivity contribution < 1.29 is 22.8 Å². The molecule has 0 saturated carbocycles. The molecule has 0 aliphatic rings. The number of carbonyl (C=O) groups is 2. The van der Waals surface area contributed by atoms with Crippen molar-refractivity contribution in [3.05, 3.63) is 53.3 Å². The van der Waals surface area contributed by atoms with Gasteiger partial charge in [-0.2, -0.15) is 0 Å². The molecule has 2 amide bonds.